The molecule has 156 valence electrons. The molecule has 2 aliphatic rings. The fourth-order valence-electron chi connectivity index (χ4n) is 5.22. The molecule has 2 aromatic rings. The molecule has 1 saturated carbocycles. The molecule has 1 aliphatic heterocycles. The molecule has 2 fully saturated rings. The van der Waals surface area contributed by atoms with Gasteiger partial charge in [-0.15, -0.1) is 0 Å². The van der Waals surface area contributed by atoms with E-state index in [2.05, 4.69) is 4.90 Å². The Morgan fingerprint density at radius 2 is 2.10 bits per heavy atom. The highest BCUT2D eigenvalue weighted by atomic mass is 35.5. The number of halogens is 2. The van der Waals surface area contributed by atoms with Gasteiger partial charge in [-0.2, -0.15) is 0 Å². The van der Waals surface area contributed by atoms with Crippen LogP contribution in [0.4, 0.5) is 5.82 Å². The molecule has 4 rings (SSSR count). The molecule has 1 unspecified atom stereocenters. The Kier molecular flexibility index (Phi) is 5.40. The van der Waals surface area contributed by atoms with Crippen molar-refractivity contribution in [1.29, 1.82) is 0 Å². The van der Waals surface area contributed by atoms with Gasteiger partial charge in [0.1, 0.15) is 11.6 Å². The van der Waals surface area contributed by atoms with Crippen LogP contribution in [0.2, 0.25) is 10.0 Å². The van der Waals surface area contributed by atoms with Crippen LogP contribution in [-0.4, -0.2) is 40.9 Å². The summed E-state index contributed by atoms with van der Waals surface area (Å²) in [4.78, 5) is 20.2. The second kappa shape index (κ2) is 7.58. The Morgan fingerprint density at radius 1 is 1.34 bits per heavy atom. The van der Waals surface area contributed by atoms with Crippen LogP contribution >= 0.6 is 23.2 Å². The monoisotopic (exact) mass is 436 g/mol. The third-order valence-corrected chi connectivity index (χ3v) is 7.52. The van der Waals surface area contributed by atoms with Gasteiger partial charge in [0.2, 0.25) is 0 Å². The molecule has 3 atom stereocenters. The van der Waals surface area contributed by atoms with Gasteiger partial charge in [-0.05, 0) is 57.2 Å². The van der Waals surface area contributed by atoms with Gasteiger partial charge in [0.25, 0.3) is 5.56 Å². The maximum Gasteiger partial charge on any atom is 0.263 e. The zero-order valence-corrected chi connectivity index (χ0v) is 18.2. The number of aryl methyl sites for hydroxylation is 1. The molecule has 1 saturated heterocycles. The van der Waals surface area contributed by atoms with Crippen LogP contribution in [0, 0.1) is 31.1 Å². The number of nitrogens with two attached hydrogens (primary N) is 1. The molecule has 0 spiro atoms. The maximum atomic E-state index is 13.3. The highest BCUT2D eigenvalue weighted by Gasteiger charge is 2.52. The number of rotatable bonds is 4. The molecule has 0 radical (unpaired) electrons. The summed E-state index contributed by atoms with van der Waals surface area (Å²) in [5.74, 6) is 2.01. The summed E-state index contributed by atoms with van der Waals surface area (Å²) in [7, 11) is 0. The summed E-state index contributed by atoms with van der Waals surface area (Å²) >= 11 is 12.5. The lowest BCUT2D eigenvalue weighted by atomic mass is 9.81. The molecule has 6 nitrogen and oxygen atoms in total. The average molecular weight is 437 g/mol. The molecule has 3 N–H and O–H groups in total. The SMILES string of the molecule is Cc1c(N2C[C@H]3CC(CO)C[C@@]3(CN)C2)nc(C)n(-c2cccc(Cl)c2Cl)c1=O. The van der Waals surface area contributed by atoms with Gasteiger partial charge in [0, 0.05) is 25.1 Å². The zero-order valence-electron chi connectivity index (χ0n) is 16.7. The normalized spacial score (nSPS) is 26.2. The fraction of sp³-hybridized carbons (Fsp3) is 0.524. The summed E-state index contributed by atoms with van der Waals surface area (Å²) in [6.07, 6.45) is 1.89. The van der Waals surface area contributed by atoms with Crippen LogP contribution in [0.1, 0.15) is 24.2 Å². The standard InChI is InChI=1S/C21H26Cl2N4O2/c1-12-19(26-8-15-6-14(9-28)7-21(15,10-24)11-26)25-13(2)27(20(12)29)17-5-3-4-16(22)18(17)23/h3-5,14-15,28H,6-11,24H2,1-2H3/t14?,15-,21-/m1/s1. The van der Waals surface area contributed by atoms with Crippen molar-refractivity contribution in [3.63, 3.8) is 0 Å². The van der Waals surface area contributed by atoms with E-state index < -0.39 is 0 Å². The number of aliphatic hydroxyl groups excluding tert-OH is 1. The van der Waals surface area contributed by atoms with Gasteiger partial charge in [0.05, 0.1) is 21.3 Å². The molecule has 1 aromatic heterocycles. The Labute approximate surface area is 180 Å². The van der Waals surface area contributed by atoms with Gasteiger partial charge in [-0.25, -0.2) is 4.98 Å². The van der Waals surface area contributed by atoms with E-state index in [-0.39, 0.29) is 17.6 Å². The average Bonchev–Trinajstić information content (AvgIpc) is 3.22. The van der Waals surface area contributed by atoms with Crippen molar-refractivity contribution in [2.45, 2.75) is 26.7 Å². The first-order valence-corrected chi connectivity index (χ1v) is 10.7. The number of nitrogens with zero attached hydrogens (tertiary/aromatic N) is 3. The lowest BCUT2D eigenvalue weighted by Gasteiger charge is -2.28. The van der Waals surface area contributed by atoms with E-state index in [1.807, 2.05) is 0 Å². The Bertz CT molecular complexity index is 1010. The number of anilines is 1. The Hall–Kier alpha value is -1.60. The van der Waals surface area contributed by atoms with E-state index in [1.165, 1.54) is 4.57 Å². The maximum absolute atomic E-state index is 13.3. The molecule has 8 heteroatoms. The van der Waals surface area contributed by atoms with Crippen molar-refractivity contribution in [1.82, 2.24) is 9.55 Å². The van der Waals surface area contributed by atoms with E-state index in [0.717, 1.165) is 25.9 Å². The third-order valence-electron chi connectivity index (χ3n) is 6.71. The molecule has 29 heavy (non-hydrogen) atoms. The van der Waals surface area contributed by atoms with Gasteiger partial charge in [-0.1, -0.05) is 29.3 Å². The smallest absolute Gasteiger partial charge is 0.263 e. The lowest BCUT2D eigenvalue weighted by molar-refractivity contribution is 0.212. The largest absolute Gasteiger partial charge is 0.396 e. The highest BCUT2D eigenvalue weighted by molar-refractivity contribution is 6.43. The first kappa shape index (κ1) is 20.7. The van der Waals surface area contributed by atoms with Crippen LogP contribution in [0.5, 0.6) is 0 Å². The second-order valence-corrected chi connectivity index (χ2v) is 9.24. The van der Waals surface area contributed by atoms with Gasteiger partial charge < -0.3 is 15.7 Å². The number of benzene rings is 1. The van der Waals surface area contributed by atoms with Crippen molar-refractivity contribution in [2.24, 2.45) is 23.0 Å². The van der Waals surface area contributed by atoms with Crippen molar-refractivity contribution in [3.8, 4) is 5.69 Å². The van der Waals surface area contributed by atoms with E-state index >= 15 is 0 Å². The summed E-state index contributed by atoms with van der Waals surface area (Å²) < 4.78 is 1.52. The molecule has 0 amide bonds. The minimum absolute atomic E-state index is 0.0133. The lowest BCUT2D eigenvalue weighted by Crippen LogP contribution is -2.37. The Balaban J connectivity index is 1.73. The van der Waals surface area contributed by atoms with Crippen molar-refractivity contribution >= 4 is 29.0 Å². The van der Waals surface area contributed by atoms with Crippen LogP contribution < -0.4 is 16.2 Å². The van der Waals surface area contributed by atoms with Gasteiger partial charge in [-0.3, -0.25) is 9.36 Å². The van der Waals surface area contributed by atoms with Gasteiger partial charge >= 0.3 is 0 Å². The molecule has 0 bridgehead atoms. The predicted octanol–water partition coefficient (Wildman–Crippen LogP) is 2.94. The zero-order chi connectivity index (χ0) is 20.9. The van der Waals surface area contributed by atoms with Crippen LogP contribution in [0.15, 0.2) is 23.0 Å². The van der Waals surface area contributed by atoms with Crippen LogP contribution in [0.25, 0.3) is 5.69 Å². The Morgan fingerprint density at radius 3 is 2.76 bits per heavy atom. The minimum Gasteiger partial charge on any atom is -0.396 e. The molecular formula is C21H26Cl2N4O2. The predicted molar refractivity (Wildman–Crippen MR) is 116 cm³/mol. The summed E-state index contributed by atoms with van der Waals surface area (Å²) in [6, 6.07) is 5.22. The number of hydrogen-bond acceptors (Lipinski definition) is 5. The third kappa shape index (κ3) is 3.26. The quantitative estimate of drug-likeness (QED) is 0.769. The van der Waals surface area contributed by atoms with E-state index in [1.54, 1.807) is 32.0 Å². The molecule has 2 heterocycles. The van der Waals surface area contributed by atoms with Crippen LogP contribution in [0.3, 0.4) is 0 Å². The topological polar surface area (TPSA) is 84.4 Å². The first-order valence-electron chi connectivity index (χ1n) is 9.92. The molecule has 1 aromatic carbocycles. The number of aliphatic hydroxyl groups is 1. The van der Waals surface area contributed by atoms with Gasteiger partial charge in [0.15, 0.2) is 0 Å². The fourth-order valence-corrected chi connectivity index (χ4v) is 5.60. The highest BCUT2D eigenvalue weighted by Crippen LogP contribution is 2.51. The minimum atomic E-state index is -0.149. The van der Waals surface area contributed by atoms with Crippen molar-refractivity contribution < 1.29 is 5.11 Å². The number of hydrogen-bond donors (Lipinski definition) is 2. The molecule has 1 aliphatic carbocycles. The van der Waals surface area contributed by atoms with Crippen molar-refractivity contribution in [2.75, 3.05) is 31.1 Å². The summed E-state index contributed by atoms with van der Waals surface area (Å²) in [5, 5.41) is 10.3. The van der Waals surface area contributed by atoms with E-state index in [4.69, 9.17) is 33.9 Å². The van der Waals surface area contributed by atoms with E-state index in [9.17, 15) is 9.90 Å². The second-order valence-electron chi connectivity index (χ2n) is 8.45. The first-order chi connectivity index (χ1) is 13.8. The van der Waals surface area contributed by atoms with E-state index in [0.29, 0.717) is 51.3 Å². The number of aromatic nitrogens is 2. The summed E-state index contributed by atoms with van der Waals surface area (Å²) in [6.45, 7) is 5.97. The van der Waals surface area contributed by atoms with Crippen LogP contribution in [-0.2, 0) is 0 Å². The molecular weight excluding hydrogens is 411 g/mol. The summed E-state index contributed by atoms with van der Waals surface area (Å²) in [5.41, 5.74) is 7.13. The van der Waals surface area contributed by atoms with Crippen molar-refractivity contribution in [3.05, 3.63) is 50.0 Å². The number of fused-ring (bicyclic) bond motifs is 1.